The number of nitrogens with one attached hydrogen (secondary N) is 1. The maximum atomic E-state index is 11.7. The largest absolute Gasteiger partial charge is 0.315 e. The van der Waals surface area contributed by atoms with Crippen LogP contribution in [0, 0.1) is 20.2 Å². The number of rotatable bonds is 4. The van der Waals surface area contributed by atoms with Crippen LogP contribution in [-0.4, -0.2) is 20.7 Å². The highest BCUT2D eigenvalue weighted by Crippen LogP contribution is 2.29. The summed E-state index contributed by atoms with van der Waals surface area (Å²) < 4.78 is 0. The number of carbonyl (C=O) groups excluding carboxylic acids is 1. The topological polar surface area (TPSA) is 128 Å². The molecule has 2 rings (SSSR count). The maximum Gasteiger partial charge on any atom is 0.299 e. The third-order valence-corrected chi connectivity index (χ3v) is 2.89. The molecular weight excluding hydrogens is 288 g/mol. The third kappa shape index (κ3) is 2.75. The van der Waals surface area contributed by atoms with Crippen molar-refractivity contribution >= 4 is 34.3 Å². The fraction of sp³-hybridized carbons (Fsp3) is 0. The average molecular weight is 294 g/mol. The van der Waals surface area contributed by atoms with Gasteiger partial charge in [-0.2, -0.15) is 0 Å². The number of aromatic nitrogens is 1. The van der Waals surface area contributed by atoms with Gasteiger partial charge in [0.05, 0.1) is 21.4 Å². The van der Waals surface area contributed by atoms with E-state index in [1.807, 2.05) is 0 Å². The quantitative estimate of drug-likeness (QED) is 0.679. The van der Waals surface area contributed by atoms with E-state index in [4.69, 9.17) is 0 Å². The number of benzene rings is 1. The van der Waals surface area contributed by atoms with E-state index in [9.17, 15) is 25.0 Å². The molecule has 1 aromatic carbocycles. The van der Waals surface area contributed by atoms with Crippen LogP contribution in [0.2, 0.25) is 0 Å². The molecule has 0 saturated carbocycles. The molecule has 10 heteroatoms. The van der Waals surface area contributed by atoms with Crippen LogP contribution >= 0.6 is 11.3 Å². The zero-order valence-corrected chi connectivity index (χ0v) is 10.5. The first-order valence-electron chi connectivity index (χ1n) is 5.11. The Hall–Kier alpha value is -2.88. The maximum absolute atomic E-state index is 11.7. The Kier molecular flexibility index (Phi) is 3.66. The summed E-state index contributed by atoms with van der Waals surface area (Å²) in [7, 11) is 0. The number of non-ortho nitro benzene ring substituents is 1. The number of anilines is 1. The van der Waals surface area contributed by atoms with E-state index in [1.165, 1.54) is 22.2 Å². The molecule has 1 heterocycles. The molecule has 0 atom stereocenters. The predicted octanol–water partition coefficient (Wildman–Crippen LogP) is 2.21. The minimum absolute atomic E-state index is 0.114. The minimum atomic E-state index is -0.802. The predicted molar refractivity (Wildman–Crippen MR) is 69.8 cm³/mol. The summed E-state index contributed by atoms with van der Waals surface area (Å²) in [5, 5.41) is 25.2. The molecule has 0 aliphatic heterocycles. The summed E-state index contributed by atoms with van der Waals surface area (Å²) in [6.07, 6.45) is 0. The minimum Gasteiger partial charge on any atom is -0.315 e. The van der Waals surface area contributed by atoms with E-state index >= 15 is 0 Å². The van der Waals surface area contributed by atoms with E-state index in [0.717, 1.165) is 18.2 Å². The highest BCUT2D eigenvalue weighted by Gasteiger charge is 2.21. The highest BCUT2D eigenvalue weighted by molar-refractivity contribution is 7.07. The van der Waals surface area contributed by atoms with Gasteiger partial charge in [0.2, 0.25) is 0 Å². The molecule has 1 aromatic heterocycles. The fourth-order valence-electron chi connectivity index (χ4n) is 1.40. The van der Waals surface area contributed by atoms with Gasteiger partial charge in [-0.3, -0.25) is 25.0 Å². The standard InChI is InChI=1S/C10H6N4O5S/c15-10(8-4-20-5-11-8)12-7-2-1-6(13(16)17)3-9(7)14(18)19/h1-5H,(H,12,15). The number of nitrogens with zero attached hydrogens (tertiary/aromatic N) is 3. The highest BCUT2D eigenvalue weighted by atomic mass is 32.1. The summed E-state index contributed by atoms with van der Waals surface area (Å²) in [6, 6.07) is 2.97. The van der Waals surface area contributed by atoms with Crippen molar-refractivity contribution in [3.8, 4) is 0 Å². The third-order valence-electron chi connectivity index (χ3n) is 2.30. The Bertz CT molecular complexity index is 685. The SMILES string of the molecule is O=C(Nc1ccc([N+](=O)[O-])cc1[N+](=O)[O-])c1cscn1. The van der Waals surface area contributed by atoms with Crippen molar-refractivity contribution in [2.24, 2.45) is 0 Å². The number of amides is 1. The molecule has 0 aliphatic rings. The first kappa shape index (κ1) is 13.5. The second-order valence-corrected chi connectivity index (χ2v) is 4.26. The van der Waals surface area contributed by atoms with E-state index in [1.54, 1.807) is 0 Å². The number of carbonyl (C=O) groups is 1. The van der Waals surface area contributed by atoms with Crippen molar-refractivity contribution in [2.75, 3.05) is 5.32 Å². The van der Waals surface area contributed by atoms with Crippen molar-refractivity contribution in [2.45, 2.75) is 0 Å². The van der Waals surface area contributed by atoms with Crippen molar-refractivity contribution in [3.05, 3.63) is 55.0 Å². The monoisotopic (exact) mass is 294 g/mol. The molecular formula is C10H6N4O5S. The Morgan fingerprint density at radius 2 is 2.00 bits per heavy atom. The molecule has 0 fully saturated rings. The molecule has 0 unspecified atom stereocenters. The first-order valence-corrected chi connectivity index (χ1v) is 6.05. The van der Waals surface area contributed by atoms with Gasteiger partial charge in [-0.15, -0.1) is 11.3 Å². The normalized spacial score (nSPS) is 10.0. The average Bonchev–Trinajstić information content (AvgIpc) is 2.92. The van der Waals surface area contributed by atoms with Gasteiger partial charge < -0.3 is 5.32 Å². The second kappa shape index (κ2) is 5.40. The number of nitro benzene ring substituents is 2. The second-order valence-electron chi connectivity index (χ2n) is 3.54. The van der Waals surface area contributed by atoms with Crippen molar-refractivity contribution in [3.63, 3.8) is 0 Å². The van der Waals surface area contributed by atoms with E-state index in [-0.39, 0.29) is 11.4 Å². The first-order chi connectivity index (χ1) is 9.49. The van der Waals surface area contributed by atoms with Crippen LogP contribution in [0.5, 0.6) is 0 Å². The number of hydrogen-bond donors (Lipinski definition) is 1. The van der Waals surface area contributed by atoms with Crippen LogP contribution in [0.3, 0.4) is 0 Å². The van der Waals surface area contributed by atoms with Crippen LogP contribution < -0.4 is 5.32 Å². The van der Waals surface area contributed by atoms with E-state index < -0.39 is 27.1 Å². The summed E-state index contributed by atoms with van der Waals surface area (Å²) in [5.74, 6) is -0.622. The van der Waals surface area contributed by atoms with E-state index in [0.29, 0.717) is 0 Å². The summed E-state index contributed by atoms with van der Waals surface area (Å²) in [5.41, 5.74) is 0.450. The van der Waals surface area contributed by atoms with Crippen molar-refractivity contribution in [1.82, 2.24) is 4.98 Å². The van der Waals surface area contributed by atoms with Gasteiger partial charge in [0.25, 0.3) is 17.3 Å². The number of nitro groups is 2. The molecule has 20 heavy (non-hydrogen) atoms. The van der Waals surface area contributed by atoms with Crippen LogP contribution in [0.25, 0.3) is 0 Å². The van der Waals surface area contributed by atoms with Gasteiger partial charge in [-0.25, -0.2) is 4.98 Å². The van der Waals surface area contributed by atoms with E-state index in [2.05, 4.69) is 10.3 Å². The van der Waals surface area contributed by atoms with Crippen LogP contribution in [0.15, 0.2) is 29.1 Å². The van der Waals surface area contributed by atoms with Gasteiger partial charge in [-0.05, 0) is 6.07 Å². The van der Waals surface area contributed by atoms with Gasteiger partial charge in [-0.1, -0.05) is 0 Å². The number of hydrogen-bond acceptors (Lipinski definition) is 7. The Morgan fingerprint density at radius 1 is 1.25 bits per heavy atom. The summed E-state index contributed by atoms with van der Waals surface area (Å²) in [6.45, 7) is 0. The molecule has 9 nitrogen and oxygen atoms in total. The van der Waals surface area contributed by atoms with Crippen LogP contribution in [-0.2, 0) is 0 Å². The zero-order chi connectivity index (χ0) is 14.7. The van der Waals surface area contributed by atoms with Gasteiger partial charge >= 0.3 is 0 Å². The molecule has 0 radical (unpaired) electrons. The molecule has 102 valence electrons. The molecule has 1 N–H and O–H groups in total. The lowest BCUT2D eigenvalue weighted by Gasteiger charge is -2.04. The fourth-order valence-corrected chi connectivity index (χ4v) is 1.93. The molecule has 0 aliphatic carbocycles. The van der Waals surface area contributed by atoms with Crippen LogP contribution in [0.4, 0.5) is 17.1 Å². The molecule has 0 bridgehead atoms. The van der Waals surface area contributed by atoms with Gasteiger partial charge in [0.1, 0.15) is 11.4 Å². The molecule has 1 amide bonds. The summed E-state index contributed by atoms with van der Waals surface area (Å²) >= 11 is 1.20. The molecule has 2 aromatic rings. The van der Waals surface area contributed by atoms with Crippen molar-refractivity contribution in [1.29, 1.82) is 0 Å². The van der Waals surface area contributed by atoms with Crippen LogP contribution in [0.1, 0.15) is 10.5 Å². The van der Waals surface area contributed by atoms with Crippen molar-refractivity contribution < 1.29 is 14.6 Å². The lowest BCUT2D eigenvalue weighted by molar-refractivity contribution is -0.393. The molecule has 0 saturated heterocycles. The van der Waals surface area contributed by atoms with Gasteiger partial charge in [0.15, 0.2) is 0 Å². The Labute approximate surface area is 115 Å². The Balaban J connectivity index is 2.34. The smallest absolute Gasteiger partial charge is 0.299 e. The zero-order valence-electron chi connectivity index (χ0n) is 9.68. The lowest BCUT2D eigenvalue weighted by atomic mass is 10.2. The Morgan fingerprint density at radius 3 is 2.55 bits per heavy atom. The van der Waals surface area contributed by atoms with Gasteiger partial charge in [0, 0.05) is 11.4 Å². The number of thiazole rings is 1. The summed E-state index contributed by atoms with van der Waals surface area (Å²) in [4.78, 5) is 35.4. The molecule has 0 spiro atoms. The lowest BCUT2D eigenvalue weighted by Crippen LogP contribution is -2.13.